The van der Waals surface area contributed by atoms with Crippen LogP contribution in [-0.4, -0.2) is 52.2 Å². The third-order valence-electron chi connectivity index (χ3n) is 5.34. The Balaban J connectivity index is 1.40. The van der Waals surface area contributed by atoms with Gasteiger partial charge in [-0.15, -0.1) is 0 Å². The Kier molecular flexibility index (Phi) is 5.32. The first-order valence-corrected chi connectivity index (χ1v) is 9.35. The number of ether oxygens (including phenoxy) is 2. The predicted octanol–water partition coefficient (Wildman–Crippen LogP) is 2.32. The molecule has 3 atom stereocenters. The highest BCUT2D eigenvalue weighted by atomic mass is 16.5. The lowest BCUT2D eigenvalue weighted by atomic mass is 10.1. The first kappa shape index (κ1) is 17.2. The van der Waals surface area contributed by atoms with Crippen LogP contribution < -0.4 is 0 Å². The summed E-state index contributed by atoms with van der Waals surface area (Å²) in [5.41, 5.74) is 2.19. The lowest BCUT2D eigenvalue weighted by Crippen LogP contribution is -2.46. The summed E-state index contributed by atoms with van der Waals surface area (Å²) in [5, 5.41) is 0. The Bertz CT molecular complexity index is 704. The maximum atomic E-state index is 12.8. The molecule has 1 aliphatic heterocycles. The van der Waals surface area contributed by atoms with Crippen molar-refractivity contribution in [1.29, 1.82) is 0 Å². The van der Waals surface area contributed by atoms with Crippen LogP contribution in [0.15, 0.2) is 42.9 Å². The number of hydrogen-bond donors (Lipinski definition) is 1. The van der Waals surface area contributed by atoms with E-state index < -0.39 is 0 Å². The topological polar surface area (TPSA) is 67.5 Å². The number of rotatable bonds is 6. The molecule has 1 saturated heterocycles. The molecule has 1 saturated carbocycles. The van der Waals surface area contributed by atoms with Crippen LogP contribution in [0.1, 0.15) is 30.5 Å². The largest absolute Gasteiger partial charge is 0.374 e. The average molecular weight is 355 g/mol. The predicted molar refractivity (Wildman–Crippen MR) is 96.4 cm³/mol. The number of hydrogen-bond acceptors (Lipinski definition) is 4. The summed E-state index contributed by atoms with van der Waals surface area (Å²) in [7, 11) is 0. The molecule has 2 aliphatic rings. The maximum absolute atomic E-state index is 12.8. The van der Waals surface area contributed by atoms with Crippen LogP contribution in [0, 0.1) is 0 Å². The van der Waals surface area contributed by atoms with E-state index >= 15 is 0 Å². The van der Waals surface area contributed by atoms with E-state index in [-0.39, 0.29) is 24.2 Å². The Morgan fingerprint density at radius 3 is 3.00 bits per heavy atom. The van der Waals surface area contributed by atoms with E-state index in [1.807, 2.05) is 35.4 Å². The van der Waals surface area contributed by atoms with Gasteiger partial charge in [0.2, 0.25) is 5.91 Å². The summed E-state index contributed by atoms with van der Waals surface area (Å²) < 4.78 is 12.2. The molecule has 0 radical (unpaired) electrons. The molecule has 2 fully saturated rings. The zero-order valence-corrected chi connectivity index (χ0v) is 14.8. The minimum absolute atomic E-state index is 0.0555. The number of carbonyl (C=O) groups excluding carboxylic acids is 1. The van der Waals surface area contributed by atoms with E-state index in [2.05, 4.69) is 9.97 Å². The number of H-pyrrole nitrogens is 1. The second-order valence-corrected chi connectivity index (χ2v) is 6.97. The number of nitrogens with zero attached hydrogens (tertiary/aromatic N) is 2. The van der Waals surface area contributed by atoms with Crippen molar-refractivity contribution < 1.29 is 14.3 Å². The van der Waals surface area contributed by atoms with Crippen molar-refractivity contribution in [3.8, 4) is 0 Å². The van der Waals surface area contributed by atoms with Crippen molar-refractivity contribution in [2.45, 2.75) is 50.5 Å². The molecule has 1 amide bonds. The first-order valence-electron chi connectivity index (χ1n) is 9.35. The molecule has 2 aromatic heterocycles. The standard InChI is InChI=1S/C20H25N3O3/c24-19(6-3-16-2-1-9-22-16)23-12-13-25-18-5-4-17(23)20(18)26-14-15-7-10-21-11-8-15/h1-2,7-11,17-18,20,22H,3-6,12-14H2/t17-,18-,20-/m0/s1. The molecule has 6 heteroatoms. The van der Waals surface area contributed by atoms with Crippen LogP contribution in [0.5, 0.6) is 0 Å². The molecule has 0 aromatic carbocycles. The summed E-state index contributed by atoms with van der Waals surface area (Å²) in [4.78, 5) is 22.0. The van der Waals surface area contributed by atoms with Crippen molar-refractivity contribution in [1.82, 2.24) is 14.9 Å². The van der Waals surface area contributed by atoms with Crippen molar-refractivity contribution >= 4 is 5.91 Å². The quantitative estimate of drug-likeness (QED) is 0.863. The van der Waals surface area contributed by atoms with Gasteiger partial charge in [0.05, 0.1) is 25.4 Å². The molecule has 1 N–H and O–H groups in total. The van der Waals surface area contributed by atoms with Crippen LogP contribution in [0.25, 0.3) is 0 Å². The molecule has 2 bridgehead atoms. The maximum Gasteiger partial charge on any atom is 0.223 e. The smallest absolute Gasteiger partial charge is 0.223 e. The van der Waals surface area contributed by atoms with Crippen LogP contribution in [0.3, 0.4) is 0 Å². The fraction of sp³-hybridized carbons (Fsp3) is 0.500. The van der Waals surface area contributed by atoms with Crippen LogP contribution in [0.2, 0.25) is 0 Å². The van der Waals surface area contributed by atoms with Crippen molar-refractivity contribution in [2.75, 3.05) is 13.2 Å². The van der Waals surface area contributed by atoms with Crippen molar-refractivity contribution in [2.24, 2.45) is 0 Å². The Morgan fingerprint density at radius 1 is 1.31 bits per heavy atom. The molecule has 4 rings (SSSR count). The molecule has 0 unspecified atom stereocenters. The van der Waals surface area contributed by atoms with Crippen LogP contribution in [0.4, 0.5) is 0 Å². The molecule has 2 aromatic rings. The van der Waals surface area contributed by atoms with Gasteiger partial charge in [-0.05, 0) is 49.1 Å². The summed E-state index contributed by atoms with van der Waals surface area (Å²) in [6.45, 7) is 1.76. The molecule has 138 valence electrons. The number of aromatic nitrogens is 2. The van der Waals surface area contributed by atoms with Crippen LogP contribution in [-0.2, 0) is 27.3 Å². The molecule has 6 nitrogen and oxygen atoms in total. The molecule has 1 aliphatic carbocycles. The van der Waals surface area contributed by atoms with Gasteiger partial charge in [-0.3, -0.25) is 9.78 Å². The number of aryl methyl sites for hydroxylation is 1. The minimum Gasteiger partial charge on any atom is -0.374 e. The van der Waals surface area contributed by atoms with E-state index in [9.17, 15) is 4.79 Å². The van der Waals surface area contributed by atoms with Crippen molar-refractivity contribution in [3.05, 3.63) is 54.1 Å². The van der Waals surface area contributed by atoms with E-state index in [0.29, 0.717) is 26.2 Å². The molecular weight excluding hydrogens is 330 g/mol. The van der Waals surface area contributed by atoms with Gasteiger partial charge in [-0.2, -0.15) is 0 Å². The SMILES string of the molecule is O=C(CCc1ccc[nH]1)N1CCO[C@H]2CC[C@H]1[C@@H]2OCc1ccncc1. The number of amides is 1. The summed E-state index contributed by atoms with van der Waals surface area (Å²) in [6, 6.07) is 8.01. The third kappa shape index (κ3) is 3.81. The van der Waals surface area contributed by atoms with E-state index in [0.717, 1.165) is 30.5 Å². The van der Waals surface area contributed by atoms with E-state index in [1.165, 1.54) is 0 Å². The molecule has 0 spiro atoms. The Labute approximate surface area is 153 Å². The Morgan fingerprint density at radius 2 is 2.19 bits per heavy atom. The van der Waals surface area contributed by atoms with Crippen molar-refractivity contribution in [3.63, 3.8) is 0 Å². The zero-order chi connectivity index (χ0) is 17.8. The van der Waals surface area contributed by atoms with Gasteiger partial charge in [0.15, 0.2) is 0 Å². The lowest BCUT2D eigenvalue weighted by Gasteiger charge is -2.31. The number of pyridine rings is 1. The summed E-state index contributed by atoms with van der Waals surface area (Å²) >= 11 is 0. The summed E-state index contributed by atoms with van der Waals surface area (Å²) in [5.74, 6) is 0.188. The average Bonchev–Trinajstić information content (AvgIpc) is 3.27. The first-order chi connectivity index (χ1) is 12.8. The van der Waals surface area contributed by atoms with Gasteiger partial charge >= 0.3 is 0 Å². The number of aromatic amines is 1. The highest BCUT2D eigenvalue weighted by molar-refractivity contribution is 5.77. The lowest BCUT2D eigenvalue weighted by molar-refractivity contribution is -0.136. The molecule has 26 heavy (non-hydrogen) atoms. The second-order valence-electron chi connectivity index (χ2n) is 6.97. The second kappa shape index (κ2) is 8.01. The van der Waals surface area contributed by atoms with E-state index in [4.69, 9.17) is 9.47 Å². The molecule has 3 heterocycles. The van der Waals surface area contributed by atoms with Gasteiger partial charge in [-0.1, -0.05) is 0 Å². The van der Waals surface area contributed by atoms with E-state index in [1.54, 1.807) is 12.4 Å². The highest BCUT2D eigenvalue weighted by Gasteiger charge is 2.44. The Hall–Kier alpha value is -2.18. The number of carbonyl (C=O) groups is 1. The minimum atomic E-state index is -0.0555. The monoisotopic (exact) mass is 355 g/mol. The van der Waals surface area contributed by atoms with Crippen LogP contribution >= 0.6 is 0 Å². The fourth-order valence-electron chi connectivity index (χ4n) is 4.00. The highest BCUT2D eigenvalue weighted by Crippen LogP contribution is 2.33. The van der Waals surface area contributed by atoms with Gasteiger partial charge < -0.3 is 19.4 Å². The van der Waals surface area contributed by atoms with Gasteiger partial charge in [-0.25, -0.2) is 0 Å². The van der Waals surface area contributed by atoms with Gasteiger partial charge in [0.25, 0.3) is 0 Å². The zero-order valence-electron chi connectivity index (χ0n) is 14.8. The molecular formula is C20H25N3O3. The number of nitrogens with one attached hydrogen (secondary N) is 1. The van der Waals surface area contributed by atoms with Gasteiger partial charge in [0.1, 0.15) is 6.10 Å². The van der Waals surface area contributed by atoms with Gasteiger partial charge in [0, 0.05) is 37.3 Å². The summed E-state index contributed by atoms with van der Waals surface area (Å²) in [6.07, 6.45) is 8.61. The normalized spacial score (nSPS) is 25.2. The number of fused-ring (bicyclic) bond motifs is 2. The third-order valence-corrected chi connectivity index (χ3v) is 5.34. The fourth-order valence-corrected chi connectivity index (χ4v) is 4.00.